The molecule has 1 rings (SSSR count). The molecule has 1 aromatic rings. The van der Waals surface area contributed by atoms with Crippen molar-refractivity contribution in [3.8, 4) is 0 Å². The number of nitrogens with two attached hydrogens (primary N) is 1. The quantitative estimate of drug-likeness (QED) is 0.641. The van der Waals surface area contributed by atoms with Crippen LogP contribution in [-0.4, -0.2) is 11.5 Å². The molecule has 2 N–H and O–H groups in total. The van der Waals surface area contributed by atoms with E-state index in [1.807, 2.05) is 0 Å². The van der Waals surface area contributed by atoms with Gasteiger partial charge in [0.2, 0.25) is 5.82 Å². The van der Waals surface area contributed by atoms with Crippen LogP contribution in [0.15, 0.2) is 18.2 Å². The van der Waals surface area contributed by atoms with Crippen LogP contribution in [0.1, 0.15) is 12.0 Å². The SMILES string of the molecule is NCCC(F)(F)c1ccc(F)c([N+](=O)[O-])c1. The number of hydrogen-bond acceptors (Lipinski definition) is 3. The minimum absolute atomic E-state index is 0.266. The van der Waals surface area contributed by atoms with Crippen molar-refractivity contribution in [2.75, 3.05) is 6.54 Å². The molecule has 0 atom stereocenters. The molecule has 0 saturated carbocycles. The van der Waals surface area contributed by atoms with Crippen molar-refractivity contribution in [1.29, 1.82) is 0 Å². The second kappa shape index (κ2) is 4.48. The van der Waals surface area contributed by atoms with Gasteiger partial charge in [-0.05, 0) is 18.7 Å². The Bertz CT molecular complexity index is 410. The maximum absolute atomic E-state index is 13.3. The van der Waals surface area contributed by atoms with Crippen LogP contribution in [-0.2, 0) is 5.92 Å². The number of nitro benzene ring substituents is 1. The Morgan fingerprint density at radius 1 is 1.44 bits per heavy atom. The maximum atomic E-state index is 13.3. The first-order chi connectivity index (χ1) is 7.38. The molecule has 7 heteroatoms. The van der Waals surface area contributed by atoms with Gasteiger partial charge in [-0.1, -0.05) is 0 Å². The fourth-order valence-electron chi connectivity index (χ4n) is 1.21. The molecule has 0 radical (unpaired) electrons. The summed E-state index contributed by atoms with van der Waals surface area (Å²) in [6.07, 6.45) is -0.643. The molecule has 16 heavy (non-hydrogen) atoms. The topological polar surface area (TPSA) is 69.2 Å². The maximum Gasteiger partial charge on any atom is 0.305 e. The monoisotopic (exact) mass is 234 g/mol. The lowest BCUT2D eigenvalue weighted by Crippen LogP contribution is -2.18. The van der Waals surface area contributed by atoms with Crippen LogP contribution in [0.2, 0.25) is 0 Å². The Kier molecular flexibility index (Phi) is 3.48. The van der Waals surface area contributed by atoms with Crippen LogP contribution in [0.4, 0.5) is 18.9 Å². The van der Waals surface area contributed by atoms with Gasteiger partial charge in [-0.25, -0.2) is 8.78 Å². The highest BCUT2D eigenvalue weighted by Crippen LogP contribution is 2.33. The van der Waals surface area contributed by atoms with Gasteiger partial charge in [-0.3, -0.25) is 10.1 Å². The lowest BCUT2D eigenvalue weighted by molar-refractivity contribution is -0.387. The molecular formula is C9H9F3N2O2. The zero-order valence-corrected chi connectivity index (χ0v) is 8.12. The van der Waals surface area contributed by atoms with E-state index in [0.717, 1.165) is 6.07 Å². The number of hydrogen-bond donors (Lipinski definition) is 1. The molecule has 1 aromatic carbocycles. The molecule has 0 aliphatic heterocycles. The van der Waals surface area contributed by atoms with E-state index in [2.05, 4.69) is 0 Å². The molecule has 0 saturated heterocycles. The predicted octanol–water partition coefficient (Wildman–Crippen LogP) is 2.17. The van der Waals surface area contributed by atoms with Gasteiger partial charge in [0.1, 0.15) is 0 Å². The number of rotatable bonds is 4. The van der Waals surface area contributed by atoms with Gasteiger partial charge in [0, 0.05) is 18.1 Å². The highest BCUT2D eigenvalue weighted by atomic mass is 19.3. The summed E-state index contributed by atoms with van der Waals surface area (Å²) in [6.45, 7) is -0.266. The molecule has 0 bridgehead atoms. The summed E-state index contributed by atoms with van der Waals surface area (Å²) in [5, 5.41) is 10.4. The third kappa shape index (κ3) is 2.48. The van der Waals surface area contributed by atoms with Crippen molar-refractivity contribution in [3.05, 3.63) is 39.7 Å². The van der Waals surface area contributed by atoms with Crippen LogP contribution in [0, 0.1) is 15.9 Å². The number of nitrogens with zero attached hydrogens (tertiary/aromatic N) is 1. The third-order valence-electron chi connectivity index (χ3n) is 2.02. The number of alkyl halides is 2. The summed E-state index contributed by atoms with van der Waals surface area (Å²) >= 11 is 0. The van der Waals surface area contributed by atoms with E-state index in [0.29, 0.717) is 12.1 Å². The second-order valence-electron chi connectivity index (χ2n) is 3.17. The van der Waals surface area contributed by atoms with Crippen molar-refractivity contribution in [3.63, 3.8) is 0 Å². The van der Waals surface area contributed by atoms with Crippen molar-refractivity contribution in [2.45, 2.75) is 12.3 Å². The summed E-state index contributed by atoms with van der Waals surface area (Å²) < 4.78 is 39.5. The first kappa shape index (κ1) is 12.4. The van der Waals surface area contributed by atoms with E-state index in [9.17, 15) is 23.3 Å². The number of halogens is 3. The van der Waals surface area contributed by atoms with Gasteiger partial charge >= 0.3 is 5.69 Å². The van der Waals surface area contributed by atoms with E-state index >= 15 is 0 Å². The lowest BCUT2D eigenvalue weighted by atomic mass is 10.0. The Labute approximate surface area is 89.0 Å². The average molecular weight is 234 g/mol. The minimum Gasteiger partial charge on any atom is -0.330 e. The van der Waals surface area contributed by atoms with E-state index in [-0.39, 0.29) is 6.54 Å². The van der Waals surface area contributed by atoms with Crippen molar-refractivity contribution in [2.24, 2.45) is 5.73 Å². The molecule has 0 aliphatic carbocycles. The Morgan fingerprint density at radius 3 is 2.56 bits per heavy atom. The van der Waals surface area contributed by atoms with Gasteiger partial charge in [0.25, 0.3) is 5.92 Å². The van der Waals surface area contributed by atoms with Crippen LogP contribution < -0.4 is 5.73 Å². The highest BCUT2D eigenvalue weighted by Gasteiger charge is 2.32. The second-order valence-corrected chi connectivity index (χ2v) is 3.17. The third-order valence-corrected chi connectivity index (χ3v) is 2.02. The summed E-state index contributed by atoms with van der Waals surface area (Å²) in [5.74, 6) is -4.43. The van der Waals surface area contributed by atoms with E-state index < -0.39 is 34.3 Å². The molecule has 0 fully saturated rings. The molecule has 0 aliphatic rings. The smallest absolute Gasteiger partial charge is 0.305 e. The zero-order chi connectivity index (χ0) is 12.3. The standard InChI is InChI=1S/C9H9F3N2O2/c10-7-2-1-6(5-8(7)14(15)16)9(11,12)3-4-13/h1-2,5H,3-4,13H2. The summed E-state index contributed by atoms with van der Waals surface area (Å²) in [4.78, 5) is 9.31. The molecular weight excluding hydrogens is 225 g/mol. The van der Waals surface area contributed by atoms with E-state index in [1.165, 1.54) is 0 Å². The van der Waals surface area contributed by atoms with Crippen LogP contribution >= 0.6 is 0 Å². The fourth-order valence-corrected chi connectivity index (χ4v) is 1.21. The van der Waals surface area contributed by atoms with Crippen molar-refractivity contribution >= 4 is 5.69 Å². The zero-order valence-electron chi connectivity index (χ0n) is 8.12. The largest absolute Gasteiger partial charge is 0.330 e. The first-order valence-corrected chi connectivity index (χ1v) is 4.41. The fraction of sp³-hybridized carbons (Fsp3) is 0.333. The first-order valence-electron chi connectivity index (χ1n) is 4.41. The Balaban J connectivity index is 3.17. The molecule has 0 heterocycles. The Hall–Kier alpha value is -1.63. The van der Waals surface area contributed by atoms with Crippen LogP contribution in [0.3, 0.4) is 0 Å². The van der Waals surface area contributed by atoms with E-state index in [1.54, 1.807) is 0 Å². The minimum atomic E-state index is -3.28. The van der Waals surface area contributed by atoms with Gasteiger partial charge in [-0.2, -0.15) is 4.39 Å². The highest BCUT2D eigenvalue weighted by molar-refractivity contribution is 5.38. The molecule has 4 nitrogen and oxygen atoms in total. The van der Waals surface area contributed by atoms with E-state index in [4.69, 9.17) is 5.73 Å². The molecule has 88 valence electrons. The Morgan fingerprint density at radius 2 is 2.06 bits per heavy atom. The van der Waals surface area contributed by atoms with Gasteiger partial charge in [-0.15, -0.1) is 0 Å². The summed E-state index contributed by atoms with van der Waals surface area (Å²) in [6, 6.07) is 2.00. The van der Waals surface area contributed by atoms with Gasteiger partial charge in [0.05, 0.1) is 4.92 Å². The average Bonchev–Trinajstić information content (AvgIpc) is 2.17. The van der Waals surface area contributed by atoms with Gasteiger partial charge in [0.15, 0.2) is 0 Å². The molecule has 0 spiro atoms. The molecule has 0 aromatic heterocycles. The van der Waals surface area contributed by atoms with Crippen molar-refractivity contribution in [1.82, 2.24) is 0 Å². The van der Waals surface area contributed by atoms with Gasteiger partial charge < -0.3 is 5.73 Å². The van der Waals surface area contributed by atoms with Crippen molar-refractivity contribution < 1.29 is 18.1 Å². The molecule has 0 unspecified atom stereocenters. The molecule has 0 amide bonds. The van der Waals surface area contributed by atoms with Crippen LogP contribution in [0.5, 0.6) is 0 Å². The lowest BCUT2D eigenvalue weighted by Gasteiger charge is -2.15. The summed E-state index contributed by atoms with van der Waals surface area (Å²) in [7, 11) is 0. The number of benzene rings is 1. The number of nitro groups is 1. The van der Waals surface area contributed by atoms with Crippen LogP contribution in [0.25, 0.3) is 0 Å². The predicted molar refractivity (Wildman–Crippen MR) is 50.6 cm³/mol. The summed E-state index contributed by atoms with van der Waals surface area (Å²) in [5.41, 5.74) is 3.42. The normalized spacial score (nSPS) is 11.5.